The van der Waals surface area contributed by atoms with Crippen molar-refractivity contribution in [2.45, 2.75) is 65.6 Å². The van der Waals surface area contributed by atoms with Crippen LogP contribution in [-0.2, 0) is 18.2 Å². The molecule has 1 aromatic rings. The van der Waals surface area contributed by atoms with E-state index in [1.807, 2.05) is 18.8 Å². The summed E-state index contributed by atoms with van der Waals surface area (Å²) in [5.74, 6) is 1.49. The maximum atomic E-state index is 5.89. The second kappa shape index (κ2) is 6.63. The molecule has 2 heterocycles. The summed E-state index contributed by atoms with van der Waals surface area (Å²) >= 11 is 0. The lowest BCUT2D eigenvalue weighted by molar-refractivity contribution is -0.106. The first-order valence-electron chi connectivity index (χ1n) is 9.36. The number of rotatable bonds is 4. The van der Waals surface area contributed by atoms with Crippen LogP contribution in [0.2, 0.25) is 0 Å². The molecule has 0 aromatic carbocycles. The highest BCUT2D eigenvalue weighted by Crippen LogP contribution is 2.52. The molecule has 0 spiro atoms. The summed E-state index contributed by atoms with van der Waals surface area (Å²) in [6.07, 6.45) is 2.48. The summed E-state index contributed by atoms with van der Waals surface area (Å²) in [7, 11) is 3.85. The van der Waals surface area contributed by atoms with Crippen molar-refractivity contribution in [3.63, 3.8) is 0 Å². The van der Waals surface area contributed by atoms with Gasteiger partial charge in [0.05, 0.1) is 11.8 Å². The Bertz CT molecular complexity index is 663. The molecule has 4 atom stereocenters. The maximum absolute atomic E-state index is 5.89. The lowest BCUT2D eigenvalue weighted by Gasteiger charge is -2.55. The third-order valence-electron chi connectivity index (χ3n) is 6.17. The minimum Gasteiger partial charge on any atom is -0.377 e. The summed E-state index contributed by atoms with van der Waals surface area (Å²) in [4.78, 5) is 4.45. The van der Waals surface area contributed by atoms with E-state index in [1.54, 1.807) is 0 Å². The number of aromatic nitrogens is 2. The molecule has 6 heteroatoms. The van der Waals surface area contributed by atoms with Crippen molar-refractivity contribution < 1.29 is 4.74 Å². The van der Waals surface area contributed by atoms with E-state index in [4.69, 9.17) is 4.74 Å². The average molecular weight is 348 g/mol. The number of guanidine groups is 1. The molecule has 1 aromatic heterocycles. The molecule has 2 fully saturated rings. The first-order chi connectivity index (χ1) is 11.8. The van der Waals surface area contributed by atoms with Gasteiger partial charge in [0.15, 0.2) is 5.96 Å². The van der Waals surface area contributed by atoms with Crippen molar-refractivity contribution in [2.75, 3.05) is 13.7 Å². The molecule has 1 saturated carbocycles. The number of nitrogens with one attached hydrogen (secondary N) is 2. The lowest BCUT2D eigenvalue weighted by Crippen LogP contribution is -2.68. The maximum Gasteiger partial charge on any atom is 0.191 e. The molecule has 25 heavy (non-hydrogen) atoms. The number of hydrogen-bond acceptors (Lipinski definition) is 3. The van der Waals surface area contributed by atoms with E-state index in [-0.39, 0.29) is 11.5 Å². The molecule has 140 valence electrons. The van der Waals surface area contributed by atoms with Crippen molar-refractivity contribution in [1.29, 1.82) is 0 Å². The highest BCUT2D eigenvalue weighted by Gasteiger charge is 2.59. The van der Waals surface area contributed by atoms with Gasteiger partial charge in [-0.3, -0.25) is 9.67 Å². The summed E-state index contributed by atoms with van der Waals surface area (Å²) in [5, 5.41) is 11.7. The van der Waals surface area contributed by atoms with Gasteiger partial charge < -0.3 is 15.4 Å². The third kappa shape index (κ3) is 3.16. The number of aryl methyl sites for hydroxylation is 2. The van der Waals surface area contributed by atoms with Gasteiger partial charge in [-0.15, -0.1) is 0 Å². The largest absolute Gasteiger partial charge is 0.377 e. The van der Waals surface area contributed by atoms with Crippen LogP contribution in [0.3, 0.4) is 0 Å². The molecule has 0 radical (unpaired) electrons. The highest BCUT2D eigenvalue weighted by atomic mass is 16.5. The Kier molecular flexibility index (Phi) is 4.84. The number of nitrogens with zero attached hydrogens (tertiary/aromatic N) is 3. The van der Waals surface area contributed by atoms with Gasteiger partial charge >= 0.3 is 0 Å². The molecule has 0 amide bonds. The predicted octanol–water partition coefficient (Wildman–Crippen LogP) is 1.95. The van der Waals surface area contributed by atoms with Crippen LogP contribution >= 0.6 is 0 Å². The van der Waals surface area contributed by atoms with Gasteiger partial charge in [0.25, 0.3) is 0 Å². The van der Waals surface area contributed by atoms with E-state index in [1.165, 1.54) is 11.3 Å². The predicted molar refractivity (Wildman–Crippen MR) is 101 cm³/mol. The Hall–Kier alpha value is -1.56. The van der Waals surface area contributed by atoms with E-state index in [9.17, 15) is 0 Å². The quantitative estimate of drug-likeness (QED) is 0.645. The van der Waals surface area contributed by atoms with Gasteiger partial charge in [-0.1, -0.05) is 13.8 Å². The minimum atomic E-state index is 0.151. The summed E-state index contributed by atoms with van der Waals surface area (Å²) < 4.78 is 7.85. The fourth-order valence-electron chi connectivity index (χ4n) is 4.64. The van der Waals surface area contributed by atoms with E-state index in [0.29, 0.717) is 18.1 Å². The Morgan fingerprint density at radius 3 is 2.76 bits per heavy atom. The van der Waals surface area contributed by atoms with Crippen LogP contribution in [0.25, 0.3) is 0 Å². The molecule has 1 saturated heterocycles. The second-order valence-corrected chi connectivity index (χ2v) is 8.28. The van der Waals surface area contributed by atoms with Gasteiger partial charge in [-0.25, -0.2) is 0 Å². The average Bonchev–Trinajstić information content (AvgIpc) is 3.10. The second-order valence-electron chi connectivity index (χ2n) is 8.28. The molecule has 0 bridgehead atoms. The van der Waals surface area contributed by atoms with Crippen molar-refractivity contribution >= 4 is 5.96 Å². The number of aliphatic imine (C=N–C) groups is 1. The van der Waals surface area contributed by atoms with Crippen LogP contribution in [0, 0.1) is 25.2 Å². The molecule has 2 N–H and O–H groups in total. The first-order valence-corrected chi connectivity index (χ1v) is 9.36. The summed E-state index contributed by atoms with van der Waals surface area (Å²) in [5.41, 5.74) is 3.83. The van der Waals surface area contributed by atoms with Gasteiger partial charge in [0, 0.05) is 49.8 Å². The normalized spacial score (nSPS) is 29.1. The molecular weight excluding hydrogens is 314 g/mol. The van der Waals surface area contributed by atoms with Crippen LogP contribution in [0.4, 0.5) is 0 Å². The van der Waals surface area contributed by atoms with Gasteiger partial charge in [-0.2, -0.15) is 5.10 Å². The standard InChI is InChI=1S/C19H33N5O/c1-11(10-15-12(2)23-24(7)13(15)3)21-18(20-6)22-16-14-8-9-25-17(14)19(16,4)5/h11,14,16-17H,8-10H2,1-7H3,(H2,20,21,22). The monoisotopic (exact) mass is 347 g/mol. The Labute approximate surface area is 151 Å². The fraction of sp³-hybridized carbons (Fsp3) is 0.789. The zero-order chi connectivity index (χ0) is 18.4. The summed E-state index contributed by atoms with van der Waals surface area (Å²) in [6.45, 7) is 11.9. The molecule has 3 rings (SSSR count). The minimum absolute atomic E-state index is 0.151. The Morgan fingerprint density at radius 1 is 1.44 bits per heavy atom. The lowest BCUT2D eigenvalue weighted by atomic mass is 9.57. The van der Waals surface area contributed by atoms with Crippen LogP contribution in [0.5, 0.6) is 0 Å². The first kappa shape index (κ1) is 18.2. The Morgan fingerprint density at radius 2 is 2.16 bits per heavy atom. The molecule has 1 aliphatic carbocycles. The van der Waals surface area contributed by atoms with Crippen molar-refractivity contribution in [3.05, 3.63) is 17.0 Å². The van der Waals surface area contributed by atoms with E-state index in [0.717, 1.165) is 31.1 Å². The highest BCUT2D eigenvalue weighted by molar-refractivity contribution is 5.80. The number of ether oxygens (including phenoxy) is 1. The van der Waals surface area contributed by atoms with Gasteiger partial charge in [0.1, 0.15) is 0 Å². The van der Waals surface area contributed by atoms with Crippen molar-refractivity contribution in [1.82, 2.24) is 20.4 Å². The van der Waals surface area contributed by atoms with E-state index < -0.39 is 0 Å². The molecule has 6 nitrogen and oxygen atoms in total. The molecule has 2 aliphatic rings. The number of fused-ring (bicyclic) bond motifs is 1. The van der Waals surface area contributed by atoms with E-state index >= 15 is 0 Å². The fourth-order valence-corrected chi connectivity index (χ4v) is 4.64. The van der Waals surface area contributed by atoms with Crippen LogP contribution in [0.15, 0.2) is 4.99 Å². The van der Waals surface area contributed by atoms with Crippen molar-refractivity contribution in [2.24, 2.45) is 23.4 Å². The molecular formula is C19H33N5O. The van der Waals surface area contributed by atoms with E-state index in [2.05, 4.69) is 55.3 Å². The van der Waals surface area contributed by atoms with Crippen molar-refractivity contribution in [3.8, 4) is 0 Å². The van der Waals surface area contributed by atoms with Crippen LogP contribution in [-0.4, -0.2) is 47.6 Å². The molecule has 1 aliphatic heterocycles. The van der Waals surface area contributed by atoms with Gasteiger partial charge in [-0.05, 0) is 39.2 Å². The summed E-state index contributed by atoms with van der Waals surface area (Å²) in [6, 6.07) is 0.701. The third-order valence-corrected chi connectivity index (χ3v) is 6.17. The SMILES string of the molecule is CN=C(NC(C)Cc1c(C)nn(C)c1C)NC1C2CCOC2C1(C)C. The number of hydrogen-bond donors (Lipinski definition) is 2. The van der Waals surface area contributed by atoms with Crippen LogP contribution < -0.4 is 10.6 Å². The smallest absolute Gasteiger partial charge is 0.191 e. The zero-order valence-corrected chi connectivity index (χ0v) is 16.7. The van der Waals surface area contributed by atoms with Gasteiger partial charge in [0.2, 0.25) is 0 Å². The zero-order valence-electron chi connectivity index (χ0n) is 16.7. The topological polar surface area (TPSA) is 63.5 Å². The Balaban J connectivity index is 1.61. The van der Waals surface area contributed by atoms with Crippen LogP contribution in [0.1, 0.15) is 44.1 Å². The molecule has 4 unspecified atom stereocenters.